The highest BCUT2D eigenvalue weighted by atomic mass is 16.4. The number of piperidine rings is 1. The summed E-state index contributed by atoms with van der Waals surface area (Å²) >= 11 is 0. The van der Waals surface area contributed by atoms with E-state index in [1.165, 1.54) is 0 Å². The van der Waals surface area contributed by atoms with E-state index in [9.17, 15) is 14.7 Å². The van der Waals surface area contributed by atoms with Gasteiger partial charge in [0, 0.05) is 37.1 Å². The number of aliphatic carboxylic acids is 1. The zero-order valence-electron chi connectivity index (χ0n) is 17.1. The van der Waals surface area contributed by atoms with Gasteiger partial charge in [0.05, 0.1) is 10.9 Å². The van der Waals surface area contributed by atoms with Crippen molar-refractivity contribution in [2.24, 2.45) is 5.41 Å². The number of hydrogen-bond acceptors (Lipinski definition) is 4. The zero-order chi connectivity index (χ0) is 20.5. The van der Waals surface area contributed by atoms with Gasteiger partial charge in [-0.2, -0.15) is 5.10 Å². The van der Waals surface area contributed by atoms with Crippen molar-refractivity contribution in [2.75, 3.05) is 19.6 Å². The number of likely N-dealkylation sites (tertiary alicyclic amines) is 1. The van der Waals surface area contributed by atoms with Crippen LogP contribution in [0.25, 0.3) is 10.9 Å². The highest BCUT2D eigenvalue weighted by Crippen LogP contribution is 2.23. The molecule has 0 aliphatic carbocycles. The smallest absolute Gasteiger partial charge is 0.310 e. The van der Waals surface area contributed by atoms with Crippen LogP contribution in [0.4, 0.5) is 0 Å². The maximum atomic E-state index is 12.9. The molecule has 0 unspecified atom stereocenters. The summed E-state index contributed by atoms with van der Waals surface area (Å²) in [7, 11) is 0. The summed E-state index contributed by atoms with van der Waals surface area (Å²) in [5, 5.41) is 17.9. The van der Waals surface area contributed by atoms with Crippen molar-refractivity contribution in [1.82, 2.24) is 20.0 Å². The minimum Gasteiger partial charge on any atom is -0.481 e. The number of hydrogen-bond donors (Lipinski definition) is 2. The molecule has 3 rings (SSSR count). The molecule has 1 aliphatic heterocycles. The Hall–Kier alpha value is -2.41. The molecule has 1 fully saturated rings. The molecule has 1 aromatic carbocycles. The van der Waals surface area contributed by atoms with Crippen LogP contribution in [0.3, 0.4) is 0 Å². The van der Waals surface area contributed by atoms with Gasteiger partial charge in [0.1, 0.15) is 0 Å². The second kappa shape index (κ2) is 7.91. The number of carboxylic acid groups (broad SMARTS) is 1. The van der Waals surface area contributed by atoms with Gasteiger partial charge < -0.3 is 15.3 Å². The van der Waals surface area contributed by atoms with Gasteiger partial charge in [-0.1, -0.05) is 18.2 Å². The third kappa shape index (κ3) is 4.19. The number of aromatic nitrogens is 2. The Morgan fingerprint density at radius 1 is 1.25 bits per heavy atom. The van der Waals surface area contributed by atoms with Gasteiger partial charge in [-0.3, -0.25) is 14.3 Å². The van der Waals surface area contributed by atoms with Gasteiger partial charge in [-0.15, -0.1) is 0 Å². The molecule has 1 amide bonds. The zero-order valence-corrected chi connectivity index (χ0v) is 17.1. The Bertz CT molecular complexity index is 864. The molecule has 1 aliphatic rings. The van der Waals surface area contributed by atoms with Crippen LogP contribution in [-0.4, -0.2) is 57.3 Å². The summed E-state index contributed by atoms with van der Waals surface area (Å²) in [5.41, 5.74) is 0.672. The molecule has 0 radical (unpaired) electrons. The van der Waals surface area contributed by atoms with Crippen LogP contribution >= 0.6 is 0 Å². The maximum Gasteiger partial charge on any atom is 0.310 e. The summed E-state index contributed by atoms with van der Waals surface area (Å²) in [4.78, 5) is 26.4. The molecule has 1 aromatic heterocycles. The molecule has 2 heterocycles. The van der Waals surface area contributed by atoms with E-state index in [-0.39, 0.29) is 18.0 Å². The molecule has 2 aromatic rings. The first kappa shape index (κ1) is 20.3. The van der Waals surface area contributed by atoms with Crippen molar-refractivity contribution in [3.63, 3.8) is 0 Å². The lowest BCUT2D eigenvalue weighted by Gasteiger charge is -2.35. The van der Waals surface area contributed by atoms with Crippen molar-refractivity contribution in [1.29, 1.82) is 0 Å². The summed E-state index contributed by atoms with van der Waals surface area (Å²) in [6.07, 6.45) is 1.62. The van der Waals surface area contributed by atoms with E-state index >= 15 is 0 Å². The van der Waals surface area contributed by atoms with Crippen LogP contribution in [0.1, 0.15) is 57.1 Å². The van der Waals surface area contributed by atoms with Crippen LogP contribution in [0.5, 0.6) is 0 Å². The number of amides is 1. The van der Waals surface area contributed by atoms with Gasteiger partial charge in [0.25, 0.3) is 5.91 Å². The van der Waals surface area contributed by atoms with Gasteiger partial charge in [-0.05, 0) is 46.6 Å². The first-order valence-electron chi connectivity index (χ1n) is 9.93. The van der Waals surface area contributed by atoms with Crippen LogP contribution in [0.2, 0.25) is 0 Å². The van der Waals surface area contributed by atoms with Crippen molar-refractivity contribution >= 4 is 22.8 Å². The second-order valence-electron chi connectivity index (χ2n) is 8.62. The fourth-order valence-electron chi connectivity index (χ4n) is 3.77. The number of carboxylic acids is 1. The molecule has 28 heavy (non-hydrogen) atoms. The van der Waals surface area contributed by atoms with E-state index in [2.05, 4.69) is 29.2 Å². The predicted molar refractivity (Wildman–Crippen MR) is 108 cm³/mol. The summed E-state index contributed by atoms with van der Waals surface area (Å²) in [6, 6.07) is 8.06. The maximum absolute atomic E-state index is 12.9. The van der Waals surface area contributed by atoms with Gasteiger partial charge >= 0.3 is 5.97 Å². The molecule has 2 N–H and O–H groups in total. The number of rotatable bonds is 6. The molecule has 0 atom stereocenters. The van der Waals surface area contributed by atoms with E-state index in [1.54, 1.807) is 13.8 Å². The summed E-state index contributed by atoms with van der Waals surface area (Å²) in [5.74, 6) is -0.921. The second-order valence-corrected chi connectivity index (χ2v) is 8.62. The minimum atomic E-state index is -0.782. The Kier molecular flexibility index (Phi) is 5.74. The molecule has 152 valence electrons. The van der Waals surface area contributed by atoms with E-state index in [1.807, 2.05) is 28.9 Å². The van der Waals surface area contributed by atoms with Crippen molar-refractivity contribution < 1.29 is 14.7 Å². The Morgan fingerprint density at radius 3 is 2.50 bits per heavy atom. The van der Waals surface area contributed by atoms with E-state index in [4.69, 9.17) is 0 Å². The molecular formula is C21H30N4O3. The predicted octanol–water partition coefficient (Wildman–Crippen LogP) is 2.92. The Balaban J connectivity index is 1.64. The van der Waals surface area contributed by atoms with E-state index in [0.29, 0.717) is 12.2 Å². The number of para-hydroxylation sites is 1. The molecule has 1 saturated heterocycles. The van der Waals surface area contributed by atoms with Crippen LogP contribution < -0.4 is 5.32 Å². The third-order valence-electron chi connectivity index (χ3n) is 5.44. The van der Waals surface area contributed by atoms with Crippen LogP contribution in [-0.2, 0) is 4.79 Å². The quantitative estimate of drug-likeness (QED) is 0.797. The fourth-order valence-corrected chi connectivity index (χ4v) is 3.77. The lowest BCUT2D eigenvalue weighted by molar-refractivity contribution is -0.148. The lowest BCUT2D eigenvalue weighted by atomic mass is 9.91. The number of benzene rings is 1. The summed E-state index contributed by atoms with van der Waals surface area (Å²) < 4.78 is 1.89. The molecule has 7 heteroatoms. The van der Waals surface area contributed by atoms with E-state index < -0.39 is 11.4 Å². The van der Waals surface area contributed by atoms with Gasteiger partial charge in [0.2, 0.25) is 0 Å². The molecular weight excluding hydrogens is 356 g/mol. The SMILES string of the molecule is CC(C)n1nc(C(=O)NC2CCN(CC(C)(C)C(=O)O)CC2)c2ccccc21. The van der Waals surface area contributed by atoms with Gasteiger partial charge in [0.15, 0.2) is 5.69 Å². The van der Waals surface area contributed by atoms with Crippen molar-refractivity contribution in [3.8, 4) is 0 Å². The van der Waals surface area contributed by atoms with Crippen molar-refractivity contribution in [2.45, 2.75) is 52.6 Å². The average Bonchev–Trinajstić information content (AvgIpc) is 3.03. The number of nitrogens with one attached hydrogen (secondary N) is 1. The molecule has 0 saturated carbocycles. The normalized spacial score (nSPS) is 16.6. The highest BCUT2D eigenvalue weighted by Gasteiger charge is 2.32. The van der Waals surface area contributed by atoms with Crippen LogP contribution in [0.15, 0.2) is 24.3 Å². The average molecular weight is 386 g/mol. The standard InChI is InChI=1S/C21H30N4O3/c1-14(2)25-17-8-6-5-7-16(17)18(23-25)19(26)22-15-9-11-24(12-10-15)13-21(3,4)20(27)28/h5-8,14-15H,9-13H2,1-4H3,(H,22,26)(H,27,28). The monoisotopic (exact) mass is 386 g/mol. The Labute approximate surface area is 165 Å². The number of carbonyl (C=O) groups is 2. The van der Waals surface area contributed by atoms with Crippen molar-refractivity contribution in [3.05, 3.63) is 30.0 Å². The number of nitrogens with zero attached hydrogens (tertiary/aromatic N) is 3. The molecule has 0 spiro atoms. The number of fused-ring (bicyclic) bond motifs is 1. The van der Waals surface area contributed by atoms with Crippen LogP contribution in [0, 0.1) is 5.41 Å². The molecule has 0 bridgehead atoms. The summed E-state index contributed by atoms with van der Waals surface area (Å²) in [6.45, 7) is 9.68. The highest BCUT2D eigenvalue weighted by molar-refractivity contribution is 6.05. The van der Waals surface area contributed by atoms with Gasteiger partial charge in [-0.25, -0.2) is 0 Å². The molecule has 7 nitrogen and oxygen atoms in total. The van der Waals surface area contributed by atoms with E-state index in [0.717, 1.165) is 36.8 Å². The first-order chi connectivity index (χ1) is 13.2. The lowest BCUT2D eigenvalue weighted by Crippen LogP contribution is -2.48. The Morgan fingerprint density at radius 2 is 1.89 bits per heavy atom. The number of carbonyl (C=O) groups excluding carboxylic acids is 1. The minimum absolute atomic E-state index is 0.0830. The topological polar surface area (TPSA) is 87.5 Å². The largest absolute Gasteiger partial charge is 0.481 e. The third-order valence-corrected chi connectivity index (χ3v) is 5.44. The first-order valence-corrected chi connectivity index (χ1v) is 9.93. The fraction of sp³-hybridized carbons (Fsp3) is 0.571.